The van der Waals surface area contributed by atoms with Gasteiger partial charge in [0.2, 0.25) is 17.7 Å². The van der Waals surface area contributed by atoms with Crippen LogP contribution >= 0.6 is 23.2 Å². The first-order valence-corrected chi connectivity index (χ1v) is 23.1. The molecule has 2 spiro atoms. The van der Waals surface area contributed by atoms with Gasteiger partial charge in [0.25, 0.3) is 11.8 Å². The number of allylic oxidation sites excluding steroid dienone is 1. The predicted octanol–water partition coefficient (Wildman–Crippen LogP) is 8.07. The van der Waals surface area contributed by atoms with Gasteiger partial charge >= 0.3 is 0 Å². The third-order valence-electron chi connectivity index (χ3n) is 14.6. The number of benzene rings is 4. The van der Waals surface area contributed by atoms with Crippen molar-refractivity contribution in [3.8, 4) is 11.8 Å². The molecule has 4 aromatic carbocycles. The lowest BCUT2D eigenvalue weighted by atomic mass is 9.55. The number of fused-ring (bicyclic) bond motifs is 4. The second-order valence-electron chi connectivity index (χ2n) is 18.2. The minimum Gasteiger partial charge on any atom is -0.339 e. The first-order chi connectivity index (χ1) is 31.4. The van der Waals surface area contributed by atoms with E-state index in [2.05, 4.69) is 39.7 Å². The van der Waals surface area contributed by atoms with Gasteiger partial charge in [-0.2, -0.15) is 0 Å². The number of carbonyl (C=O) groups is 5. The molecular weight excluding hydrogens is 867 g/mol. The largest absolute Gasteiger partial charge is 0.339 e. The zero-order valence-corrected chi connectivity index (χ0v) is 37.1. The molecule has 11 nitrogen and oxygen atoms in total. The van der Waals surface area contributed by atoms with E-state index in [9.17, 15) is 24.0 Å². The quantitative estimate of drug-likeness (QED) is 0.150. The molecule has 10 rings (SSSR count). The van der Waals surface area contributed by atoms with Crippen LogP contribution in [0.4, 0.5) is 15.8 Å². The van der Waals surface area contributed by atoms with Crippen LogP contribution in [-0.4, -0.2) is 70.0 Å². The van der Waals surface area contributed by atoms with Crippen LogP contribution in [0.3, 0.4) is 0 Å². The zero-order valence-electron chi connectivity index (χ0n) is 35.6. The van der Waals surface area contributed by atoms with E-state index in [1.165, 1.54) is 6.07 Å². The number of rotatable bonds is 5. The molecule has 0 aromatic heterocycles. The zero-order chi connectivity index (χ0) is 45.2. The maximum Gasteiger partial charge on any atom is 0.255 e. The average molecular weight is 914 g/mol. The van der Waals surface area contributed by atoms with E-state index in [4.69, 9.17) is 23.2 Å². The maximum absolute atomic E-state index is 16.3. The number of piperidine rings is 2. The molecule has 0 bridgehead atoms. The normalized spacial score (nSPS) is 24.6. The van der Waals surface area contributed by atoms with E-state index in [1.807, 2.05) is 18.2 Å². The minimum atomic E-state index is -1.36. The fourth-order valence-corrected chi connectivity index (χ4v) is 11.9. The van der Waals surface area contributed by atoms with Crippen molar-refractivity contribution < 1.29 is 28.4 Å². The Balaban J connectivity index is 0.831. The van der Waals surface area contributed by atoms with E-state index in [-0.39, 0.29) is 40.1 Å². The highest BCUT2D eigenvalue weighted by molar-refractivity contribution is 6.31. The Morgan fingerprint density at radius 1 is 0.892 bits per heavy atom. The number of halogens is 3. The van der Waals surface area contributed by atoms with Crippen molar-refractivity contribution in [1.29, 1.82) is 0 Å². The SMILES string of the molecule is C=C1CCC(N2Cc3c(C#CC4CCN(C(=O)c5ccc(NC(=O)[C@@H]6NC7(CCCCC7)[C@@]7(C(=O)Nc8cc(Cl)ccc87)[C@H]6c6cccc(Cl)c6F)cc5)CC4)cccc3C2=O)C(=O)N1. The van der Waals surface area contributed by atoms with Gasteiger partial charge in [0.15, 0.2) is 0 Å². The molecule has 4 fully saturated rings. The summed E-state index contributed by atoms with van der Waals surface area (Å²) in [5.74, 6) is 3.85. The first kappa shape index (κ1) is 42.9. The lowest BCUT2D eigenvalue weighted by Gasteiger charge is -2.47. The average Bonchev–Trinajstić information content (AvgIpc) is 3.90. The minimum absolute atomic E-state index is 0.0534. The number of anilines is 2. The number of hydrogen-bond donors (Lipinski definition) is 4. The molecule has 332 valence electrons. The van der Waals surface area contributed by atoms with Crippen LogP contribution in [0.25, 0.3) is 0 Å². The molecular formula is C51H47Cl2FN6O5. The molecule has 14 heteroatoms. The number of amides is 5. The van der Waals surface area contributed by atoms with Crippen molar-refractivity contribution in [2.45, 2.75) is 93.3 Å². The van der Waals surface area contributed by atoms with Gasteiger partial charge in [-0.25, -0.2) is 4.39 Å². The van der Waals surface area contributed by atoms with Crippen molar-refractivity contribution in [2.75, 3.05) is 23.7 Å². The van der Waals surface area contributed by atoms with Crippen LogP contribution in [0.5, 0.6) is 0 Å². The van der Waals surface area contributed by atoms with E-state index < -0.39 is 40.7 Å². The Labute approximate surface area is 386 Å². The summed E-state index contributed by atoms with van der Waals surface area (Å²) in [5, 5.41) is 12.8. The van der Waals surface area contributed by atoms with Crippen LogP contribution in [0.15, 0.2) is 91.1 Å². The van der Waals surface area contributed by atoms with E-state index in [0.29, 0.717) is 96.9 Å². The Morgan fingerprint density at radius 3 is 2.40 bits per heavy atom. The Hall–Kier alpha value is -6.00. The Morgan fingerprint density at radius 2 is 1.65 bits per heavy atom. The molecule has 5 amide bonds. The second-order valence-corrected chi connectivity index (χ2v) is 19.0. The Kier molecular flexibility index (Phi) is 11.1. The number of hydrogen-bond acceptors (Lipinski definition) is 6. The standard InChI is InChI=1S/C51H47Cl2FN6O5/c1-29-11-20-41(45(61)55-29)60-28-37-31(7-5-8-35(37)48(60)64)13-12-30-21-25-59(26-22-30)47(63)32-14-17-34(18-15-32)56-46(62)44-42(36-9-6-10-39(53)43(36)54)51(50(58-44)23-3-2-4-24-50)38-19-16-33(52)27-40(38)57-49(51)65/h5-10,14-19,27,30,41-42,44,58H,1-4,11,20-26,28H2,(H,55,61)(H,56,62)(H,57,65)/t41?,42-,44+,51+/m0/s1. The molecule has 4 N–H and O–H groups in total. The van der Waals surface area contributed by atoms with Crippen molar-refractivity contribution in [1.82, 2.24) is 20.4 Å². The first-order valence-electron chi connectivity index (χ1n) is 22.3. The predicted molar refractivity (Wildman–Crippen MR) is 246 cm³/mol. The monoisotopic (exact) mass is 912 g/mol. The number of nitrogens with zero attached hydrogens (tertiary/aromatic N) is 2. The Bertz CT molecular complexity index is 2750. The van der Waals surface area contributed by atoms with E-state index >= 15 is 4.39 Å². The van der Waals surface area contributed by atoms with Crippen molar-refractivity contribution >= 4 is 64.1 Å². The van der Waals surface area contributed by atoms with Gasteiger partial charge in [0.1, 0.15) is 17.3 Å². The highest BCUT2D eigenvalue weighted by Crippen LogP contribution is 2.63. The molecule has 6 aliphatic rings. The highest BCUT2D eigenvalue weighted by Gasteiger charge is 2.72. The summed E-state index contributed by atoms with van der Waals surface area (Å²) in [7, 11) is 0. The van der Waals surface area contributed by atoms with Crippen LogP contribution in [0, 0.1) is 23.6 Å². The topological polar surface area (TPSA) is 140 Å². The van der Waals surface area contributed by atoms with Gasteiger partial charge < -0.3 is 25.8 Å². The fourth-order valence-electron chi connectivity index (χ4n) is 11.5. The van der Waals surface area contributed by atoms with Crippen LogP contribution < -0.4 is 21.3 Å². The van der Waals surface area contributed by atoms with E-state index in [1.54, 1.807) is 64.4 Å². The van der Waals surface area contributed by atoms with Crippen LogP contribution in [0.2, 0.25) is 10.0 Å². The summed E-state index contributed by atoms with van der Waals surface area (Å²) in [5.41, 5.74) is 2.91. The van der Waals surface area contributed by atoms with Gasteiger partial charge in [-0.3, -0.25) is 29.3 Å². The van der Waals surface area contributed by atoms with Gasteiger partial charge in [-0.15, -0.1) is 0 Å². The summed E-state index contributed by atoms with van der Waals surface area (Å²) in [4.78, 5) is 72.5. The summed E-state index contributed by atoms with van der Waals surface area (Å²) >= 11 is 12.8. The molecule has 4 atom stereocenters. The third kappa shape index (κ3) is 7.19. The lowest BCUT2D eigenvalue weighted by Crippen LogP contribution is -2.60. The second kappa shape index (κ2) is 16.8. The molecule has 5 heterocycles. The summed E-state index contributed by atoms with van der Waals surface area (Å²) < 4.78 is 16.3. The fraction of sp³-hybridized carbons (Fsp3) is 0.353. The third-order valence-corrected chi connectivity index (χ3v) is 15.1. The van der Waals surface area contributed by atoms with Gasteiger partial charge in [0.05, 0.1) is 11.1 Å². The number of carbonyl (C=O) groups excluding carboxylic acids is 5. The smallest absolute Gasteiger partial charge is 0.255 e. The number of likely N-dealkylation sites (tertiary alicyclic amines) is 1. The van der Waals surface area contributed by atoms with Crippen molar-refractivity contribution in [2.24, 2.45) is 5.92 Å². The molecule has 5 aliphatic heterocycles. The van der Waals surface area contributed by atoms with Gasteiger partial charge in [-0.1, -0.05) is 85.1 Å². The highest BCUT2D eigenvalue weighted by atomic mass is 35.5. The molecule has 1 aliphatic carbocycles. The maximum atomic E-state index is 16.3. The van der Waals surface area contributed by atoms with E-state index in [0.717, 1.165) is 30.4 Å². The summed E-state index contributed by atoms with van der Waals surface area (Å²) in [6.07, 6.45) is 6.34. The molecule has 1 saturated carbocycles. The lowest BCUT2D eigenvalue weighted by molar-refractivity contribution is -0.126. The summed E-state index contributed by atoms with van der Waals surface area (Å²) in [6.45, 7) is 5.20. The number of nitrogens with one attached hydrogen (secondary N) is 4. The molecule has 0 radical (unpaired) electrons. The molecule has 3 saturated heterocycles. The van der Waals surface area contributed by atoms with Crippen molar-refractivity contribution in [3.63, 3.8) is 0 Å². The summed E-state index contributed by atoms with van der Waals surface area (Å²) in [6, 6.07) is 20.6. The van der Waals surface area contributed by atoms with Gasteiger partial charge in [-0.05, 0) is 110 Å². The molecule has 4 aromatic rings. The van der Waals surface area contributed by atoms with Gasteiger partial charge in [0, 0.05) is 75.8 Å². The van der Waals surface area contributed by atoms with Crippen molar-refractivity contribution in [3.05, 3.63) is 140 Å². The van der Waals surface area contributed by atoms with Crippen LogP contribution in [0.1, 0.15) is 107 Å². The molecule has 1 unspecified atom stereocenters. The van der Waals surface area contributed by atoms with Crippen LogP contribution in [-0.2, 0) is 26.3 Å². The molecule has 65 heavy (non-hydrogen) atoms.